The molecule has 4 heteroatoms. The Hall–Kier alpha value is -1.58. The second-order valence-electron chi connectivity index (χ2n) is 2.38. The molecule has 0 aliphatic heterocycles. The zero-order valence-electron chi connectivity index (χ0n) is 6.77. The number of aryl methyl sites for hydroxylation is 1. The molecule has 1 heterocycles. The first kappa shape index (κ1) is 8.52. The lowest BCUT2D eigenvalue weighted by molar-refractivity contribution is -0.135. The lowest BCUT2D eigenvalue weighted by atomic mass is 10.5. The van der Waals surface area contributed by atoms with Crippen LogP contribution in [0.15, 0.2) is 29.4 Å². The lowest BCUT2D eigenvalue weighted by Gasteiger charge is -1.96. The fourth-order valence-electron chi connectivity index (χ4n) is 0.827. The molecule has 0 saturated heterocycles. The molecular formula is C8H10N2O2. The van der Waals surface area contributed by atoms with Gasteiger partial charge in [0, 0.05) is 13.2 Å². The topological polar surface area (TPSA) is 54.6 Å². The molecule has 0 aliphatic rings. The molecule has 0 unspecified atom stereocenters. The number of aliphatic carboxylic acids is 1. The van der Waals surface area contributed by atoms with Gasteiger partial charge in [-0.25, -0.2) is 0 Å². The van der Waals surface area contributed by atoms with E-state index >= 15 is 0 Å². The van der Waals surface area contributed by atoms with Gasteiger partial charge in [-0.15, -0.1) is 0 Å². The third-order valence-electron chi connectivity index (χ3n) is 1.40. The molecule has 0 saturated carbocycles. The van der Waals surface area contributed by atoms with E-state index < -0.39 is 5.97 Å². The number of carboxylic acids is 1. The number of nitrogens with zero attached hydrogens (tertiary/aromatic N) is 2. The number of carbonyl (C=O) groups is 1. The molecule has 0 aromatic carbocycles. The lowest BCUT2D eigenvalue weighted by Crippen LogP contribution is -2.18. The van der Waals surface area contributed by atoms with Gasteiger partial charge in [0.15, 0.2) is 0 Å². The van der Waals surface area contributed by atoms with Gasteiger partial charge in [-0.1, -0.05) is 6.07 Å². The average molecular weight is 166 g/mol. The number of carboxylic acid groups (broad SMARTS) is 1. The van der Waals surface area contributed by atoms with E-state index in [1.807, 2.05) is 25.4 Å². The SMILES string of the molecule is Cn1ccccc1=NCC(=O)O. The Morgan fingerprint density at radius 3 is 3.00 bits per heavy atom. The highest BCUT2D eigenvalue weighted by Crippen LogP contribution is 1.76. The molecule has 0 spiro atoms. The van der Waals surface area contributed by atoms with Gasteiger partial charge in [0.2, 0.25) is 0 Å². The molecule has 0 fully saturated rings. The van der Waals surface area contributed by atoms with Gasteiger partial charge in [-0.3, -0.25) is 9.79 Å². The van der Waals surface area contributed by atoms with E-state index in [9.17, 15) is 4.79 Å². The van der Waals surface area contributed by atoms with Crippen molar-refractivity contribution in [2.24, 2.45) is 12.0 Å². The number of pyridine rings is 1. The molecule has 64 valence electrons. The number of hydrogen-bond acceptors (Lipinski definition) is 2. The predicted octanol–water partition coefficient (Wildman–Crippen LogP) is 0.0104. The van der Waals surface area contributed by atoms with Crippen LogP contribution in [-0.2, 0) is 11.8 Å². The van der Waals surface area contributed by atoms with Crippen LogP contribution in [0.5, 0.6) is 0 Å². The van der Waals surface area contributed by atoms with Crippen LogP contribution in [0.3, 0.4) is 0 Å². The zero-order valence-corrected chi connectivity index (χ0v) is 6.77. The molecule has 0 amide bonds. The minimum absolute atomic E-state index is 0.183. The van der Waals surface area contributed by atoms with Crippen LogP contribution in [-0.4, -0.2) is 22.2 Å². The summed E-state index contributed by atoms with van der Waals surface area (Å²) in [5, 5.41) is 8.36. The summed E-state index contributed by atoms with van der Waals surface area (Å²) >= 11 is 0. The predicted molar refractivity (Wildman–Crippen MR) is 43.5 cm³/mol. The molecule has 0 aliphatic carbocycles. The second-order valence-corrected chi connectivity index (χ2v) is 2.38. The summed E-state index contributed by atoms with van der Waals surface area (Å²) in [6.45, 7) is -0.183. The number of hydrogen-bond donors (Lipinski definition) is 1. The van der Waals surface area contributed by atoms with Crippen LogP contribution in [0.4, 0.5) is 0 Å². The maximum atomic E-state index is 10.2. The summed E-state index contributed by atoms with van der Waals surface area (Å²) in [6, 6.07) is 5.45. The highest BCUT2D eigenvalue weighted by Gasteiger charge is 1.91. The van der Waals surface area contributed by atoms with Crippen LogP contribution >= 0.6 is 0 Å². The first-order valence-corrected chi connectivity index (χ1v) is 3.54. The summed E-state index contributed by atoms with van der Waals surface area (Å²) in [5.41, 5.74) is 0.667. The molecule has 0 atom stereocenters. The van der Waals surface area contributed by atoms with Crippen molar-refractivity contribution in [2.45, 2.75) is 0 Å². The van der Waals surface area contributed by atoms with Crippen LogP contribution in [0.2, 0.25) is 0 Å². The summed E-state index contributed by atoms with van der Waals surface area (Å²) in [4.78, 5) is 14.0. The fraction of sp³-hybridized carbons (Fsp3) is 0.250. The van der Waals surface area contributed by atoms with Crippen molar-refractivity contribution in [3.05, 3.63) is 29.9 Å². The van der Waals surface area contributed by atoms with Crippen molar-refractivity contribution in [1.82, 2.24) is 4.57 Å². The number of rotatable bonds is 2. The van der Waals surface area contributed by atoms with Crippen LogP contribution < -0.4 is 5.49 Å². The summed E-state index contributed by atoms with van der Waals surface area (Å²) < 4.78 is 1.77. The molecule has 0 bridgehead atoms. The Balaban J connectivity index is 2.94. The second kappa shape index (κ2) is 3.71. The molecule has 0 radical (unpaired) electrons. The average Bonchev–Trinajstić information content (AvgIpc) is 2.03. The Morgan fingerprint density at radius 2 is 2.42 bits per heavy atom. The summed E-state index contributed by atoms with van der Waals surface area (Å²) in [6.07, 6.45) is 1.82. The maximum Gasteiger partial charge on any atom is 0.325 e. The van der Waals surface area contributed by atoms with Crippen LogP contribution in [0.1, 0.15) is 0 Å². The molecular weight excluding hydrogens is 156 g/mol. The molecule has 1 aromatic heterocycles. The molecule has 1 rings (SSSR count). The van der Waals surface area contributed by atoms with Crippen molar-refractivity contribution in [3.63, 3.8) is 0 Å². The van der Waals surface area contributed by atoms with Gasteiger partial charge in [0.1, 0.15) is 12.0 Å². The summed E-state index contributed by atoms with van der Waals surface area (Å²) in [7, 11) is 1.82. The maximum absolute atomic E-state index is 10.2. The first-order valence-electron chi connectivity index (χ1n) is 3.54. The van der Waals surface area contributed by atoms with Crippen LogP contribution in [0, 0.1) is 0 Å². The minimum atomic E-state index is -0.918. The van der Waals surface area contributed by atoms with E-state index in [-0.39, 0.29) is 6.54 Å². The van der Waals surface area contributed by atoms with Crippen molar-refractivity contribution in [3.8, 4) is 0 Å². The van der Waals surface area contributed by atoms with Gasteiger partial charge in [-0.2, -0.15) is 0 Å². The monoisotopic (exact) mass is 166 g/mol. The Morgan fingerprint density at radius 1 is 1.67 bits per heavy atom. The molecule has 1 N–H and O–H groups in total. The normalized spacial score (nSPS) is 11.6. The van der Waals surface area contributed by atoms with Crippen molar-refractivity contribution < 1.29 is 9.90 Å². The fourth-order valence-corrected chi connectivity index (χ4v) is 0.827. The van der Waals surface area contributed by atoms with Gasteiger partial charge < -0.3 is 9.67 Å². The third kappa shape index (κ3) is 2.23. The Kier molecular flexibility index (Phi) is 2.63. The Labute approximate surface area is 69.8 Å². The number of aromatic nitrogens is 1. The van der Waals surface area contributed by atoms with Crippen molar-refractivity contribution in [1.29, 1.82) is 0 Å². The zero-order chi connectivity index (χ0) is 8.97. The first-order chi connectivity index (χ1) is 5.70. The highest BCUT2D eigenvalue weighted by molar-refractivity contribution is 5.69. The highest BCUT2D eigenvalue weighted by atomic mass is 16.4. The molecule has 12 heavy (non-hydrogen) atoms. The van der Waals surface area contributed by atoms with Crippen LogP contribution in [0.25, 0.3) is 0 Å². The van der Waals surface area contributed by atoms with Crippen molar-refractivity contribution >= 4 is 5.97 Å². The van der Waals surface area contributed by atoms with E-state index in [2.05, 4.69) is 4.99 Å². The van der Waals surface area contributed by atoms with Gasteiger partial charge in [0.05, 0.1) is 0 Å². The minimum Gasteiger partial charge on any atom is -0.480 e. The molecule has 4 nitrogen and oxygen atoms in total. The van der Waals surface area contributed by atoms with E-state index in [0.29, 0.717) is 5.49 Å². The van der Waals surface area contributed by atoms with E-state index in [4.69, 9.17) is 5.11 Å². The third-order valence-corrected chi connectivity index (χ3v) is 1.40. The van der Waals surface area contributed by atoms with E-state index in [1.54, 1.807) is 10.6 Å². The molecule has 1 aromatic rings. The van der Waals surface area contributed by atoms with Gasteiger partial charge >= 0.3 is 5.97 Å². The smallest absolute Gasteiger partial charge is 0.325 e. The van der Waals surface area contributed by atoms with E-state index in [0.717, 1.165) is 0 Å². The van der Waals surface area contributed by atoms with Gasteiger partial charge in [0.25, 0.3) is 0 Å². The Bertz CT molecular complexity index is 341. The van der Waals surface area contributed by atoms with Crippen molar-refractivity contribution in [2.75, 3.05) is 6.54 Å². The standard InChI is InChI=1S/C8H10N2O2/c1-10-5-3-2-4-7(10)9-6-8(11)12/h2-5H,6H2,1H3,(H,11,12). The quantitative estimate of drug-likeness (QED) is 0.672. The largest absolute Gasteiger partial charge is 0.480 e. The van der Waals surface area contributed by atoms with Gasteiger partial charge in [-0.05, 0) is 12.1 Å². The van der Waals surface area contributed by atoms with E-state index in [1.165, 1.54) is 0 Å². The summed E-state index contributed by atoms with van der Waals surface area (Å²) in [5.74, 6) is -0.918.